The van der Waals surface area contributed by atoms with Crippen LogP contribution < -0.4 is 19.6 Å². The van der Waals surface area contributed by atoms with Gasteiger partial charge in [-0.05, 0) is 55.0 Å². The lowest BCUT2D eigenvalue weighted by Crippen LogP contribution is -2.40. The molecule has 1 aliphatic rings. The van der Waals surface area contributed by atoms with Crippen molar-refractivity contribution < 1.29 is 28.2 Å². The van der Waals surface area contributed by atoms with E-state index in [9.17, 15) is 14.4 Å². The highest BCUT2D eigenvalue weighted by atomic mass is 35.5. The van der Waals surface area contributed by atoms with Crippen molar-refractivity contribution in [3.05, 3.63) is 138 Å². The predicted molar refractivity (Wildman–Crippen MR) is 175 cm³/mol. The summed E-state index contributed by atoms with van der Waals surface area (Å²) < 4.78 is 23.6. The van der Waals surface area contributed by atoms with Crippen LogP contribution in [0.4, 0.5) is 0 Å². The SMILES string of the molecule is CCOC(=O)C1=C(c2ccccc2)N=c2s/c(=C\c3ccc(-c4ccc(Cl)c(C(=O)OC)c4)o3)c(=O)n2[C@H]1c1ccc(OC)cc1. The first-order valence-electron chi connectivity index (χ1n) is 14.2. The quantitative estimate of drug-likeness (QED) is 0.199. The highest BCUT2D eigenvalue weighted by Gasteiger charge is 2.35. The van der Waals surface area contributed by atoms with Crippen molar-refractivity contribution in [1.82, 2.24) is 4.57 Å². The molecule has 3 aromatic carbocycles. The summed E-state index contributed by atoms with van der Waals surface area (Å²) in [5, 5.41) is 0.256. The smallest absolute Gasteiger partial charge is 0.339 e. The zero-order valence-electron chi connectivity index (χ0n) is 25.0. The second-order valence-corrected chi connectivity index (χ2v) is 11.5. The van der Waals surface area contributed by atoms with E-state index < -0.39 is 18.0 Å². The fourth-order valence-corrected chi connectivity index (χ4v) is 6.38. The standard InChI is InChI=1S/C35H27ClN2O7S/c1-4-44-34(41)29-30(20-8-6-5-7-9-20)37-35-38(31(29)21-10-13-23(42-2)14-11-21)32(39)28(46-35)19-24-15-17-27(45-24)22-12-16-26(36)25(18-22)33(40)43-3/h5-19,31H,4H2,1-3H3/b28-19-/t31-/m0/s1. The van der Waals surface area contributed by atoms with E-state index in [4.69, 9.17) is 35.2 Å². The summed E-state index contributed by atoms with van der Waals surface area (Å²) in [7, 11) is 2.85. The number of aromatic nitrogens is 1. The second-order valence-electron chi connectivity index (χ2n) is 10.1. The maximum Gasteiger partial charge on any atom is 0.339 e. The largest absolute Gasteiger partial charge is 0.497 e. The van der Waals surface area contributed by atoms with Gasteiger partial charge in [0.05, 0.1) is 53.3 Å². The molecule has 5 aromatic rings. The van der Waals surface area contributed by atoms with Crippen LogP contribution in [-0.4, -0.2) is 37.3 Å². The van der Waals surface area contributed by atoms with Gasteiger partial charge in [0, 0.05) is 17.2 Å². The minimum Gasteiger partial charge on any atom is -0.497 e. The summed E-state index contributed by atoms with van der Waals surface area (Å²) in [6.45, 7) is 1.88. The third kappa shape index (κ3) is 5.80. The molecule has 0 fully saturated rings. The highest BCUT2D eigenvalue weighted by Crippen LogP contribution is 2.36. The number of nitrogens with zero attached hydrogens (tertiary/aromatic N) is 2. The molecule has 0 saturated heterocycles. The number of halogens is 1. The number of hydrogen-bond acceptors (Lipinski definition) is 9. The molecule has 0 spiro atoms. The van der Waals surface area contributed by atoms with E-state index in [2.05, 4.69) is 0 Å². The van der Waals surface area contributed by atoms with E-state index in [1.807, 2.05) is 42.5 Å². The van der Waals surface area contributed by atoms with Gasteiger partial charge < -0.3 is 18.6 Å². The van der Waals surface area contributed by atoms with Crippen LogP contribution in [0.5, 0.6) is 5.75 Å². The Morgan fingerprint density at radius 1 is 0.978 bits per heavy atom. The summed E-state index contributed by atoms with van der Waals surface area (Å²) >= 11 is 7.37. The van der Waals surface area contributed by atoms with E-state index in [1.54, 1.807) is 62.6 Å². The molecule has 0 bridgehead atoms. The van der Waals surface area contributed by atoms with Gasteiger partial charge in [-0.3, -0.25) is 9.36 Å². The summed E-state index contributed by atoms with van der Waals surface area (Å²) in [5.41, 5.74) is 2.54. The normalized spacial score (nSPS) is 14.4. The first kappa shape index (κ1) is 30.8. The van der Waals surface area contributed by atoms with Crippen molar-refractivity contribution in [3.8, 4) is 17.1 Å². The Morgan fingerprint density at radius 2 is 1.74 bits per heavy atom. The Balaban J connectivity index is 1.52. The number of ether oxygens (including phenoxy) is 3. The van der Waals surface area contributed by atoms with E-state index in [-0.39, 0.29) is 28.3 Å². The molecule has 0 aliphatic carbocycles. The molecule has 6 rings (SSSR count). The van der Waals surface area contributed by atoms with Crippen molar-refractivity contribution in [2.24, 2.45) is 4.99 Å². The first-order valence-corrected chi connectivity index (χ1v) is 15.4. The number of benzene rings is 3. The summed E-state index contributed by atoms with van der Waals surface area (Å²) in [5.74, 6) is 0.374. The first-order chi connectivity index (χ1) is 22.3. The van der Waals surface area contributed by atoms with E-state index in [1.165, 1.54) is 23.0 Å². The maximum atomic E-state index is 14.1. The lowest BCUT2D eigenvalue weighted by atomic mass is 9.93. The molecule has 1 atom stereocenters. The van der Waals surface area contributed by atoms with Crippen LogP contribution in [0.2, 0.25) is 5.02 Å². The molecule has 2 aromatic heterocycles. The van der Waals surface area contributed by atoms with Gasteiger partial charge in [-0.1, -0.05) is 65.4 Å². The lowest BCUT2D eigenvalue weighted by Gasteiger charge is -2.26. The Labute approximate surface area is 272 Å². The maximum absolute atomic E-state index is 14.1. The van der Waals surface area contributed by atoms with Gasteiger partial charge in [0.2, 0.25) is 0 Å². The molecule has 0 radical (unpaired) electrons. The summed E-state index contributed by atoms with van der Waals surface area (Å²) in [4.78, 5) is 45.2. The Morgan fingerprint density at radius 3 is 2.43 bits per heavy atom. The van der Waals surface area contributed by atoms with Crippen molar-refractivity contribution in [3.63, 3.8) is 0 Å². The number of rotatable bonds is 8. The fourth-order valence-electron chi connectivity index (χ4n) is 5.20. The van der Waals surface area contributed by atoms with Crippen molar-refractivity contribution in [2.75, 3.05) is 20.8 Å². The van der Waals surface area contributed by atoms with Crippen LogP contribution in [0.3, 0.4) is 0 Å². The highest BCUT2D eigenvalue weighted by molar-refractivity contribution is 7.07. The van der Waals surface area contributed by atoms with Gasteiger partial charge in [-0.2, -0.15) is 0 Å². The topological polar surface area (TPSA) is 109 Å². The van der Waals surface area contributed by atoms with Crippen LogP contribution in [-0.2, 0) is 14.3 Å². The molecule has 232 valence electrons. The van der Waals surface area contributed by atoms with Crippen molar-refractivity contribution in [1.29, 1.82) is 0 Å². The van der Waals surface area contributed by atoms with Crippen LogP contribution in [0.25, 0.3) is 23.1 Å². The molecule has 0 saturated carbocycles. The molecule has 0 amide bonds. The fraction of sp³-hybridized carbons (Fsp3) is 0.143. The van der Waals surface area contributed by atoms with Crippen LogP contribution in [0.1, 0.15) is 40.2 Å². The minimum atomic E-state index is -0.823. The number of carbonyl (C=O) groups is 2. The third-order valence-corrected chi connectivity index (χ3v) is 8.67. The zero-order valence-corrected chi connectivity index (χ0v) is 26.6. The van der Waals surface area contributed by atoms with Gasteiger partial charge in [0.15, 0.2) is 4.80 Å². The van der Waals surface area contributed by atoms with Gasteiger partial charge in [-0.15, -0.1) is 0 Å². The van der Waals surface area contributed by atoms with Crippen LogP contribution in [0.15, 0.2) is 105 Å². The van der Waals surface area contributed by atoms with Crippen LogP contribution in [0, 0.1) is 0 Å². The molecule has 9 nitrogen and oxygen atoms in total. The number of esters is 2. The number of fused-ring (bicyclic) bond motifs is 1. The molecule has 3 heterocycles. The number of hydrogen-bond donors (Lipinski definition) is 0. The zero-order chi connectivity index (χ0) is 32.4. The van der Waals surface area contributed by atoms with E-state index in [0.29, 0.717) is 49.0 Å². The Kier molecular flexibility index (Phi) is 8.74. The number of carbonyl (C=O) groups excluding carboxylic acids is 2. The Hall–Kier alpha value is -5.19. The molecular weight excluding hydrogens is 628 g/mol. The lowest BCUT2D eigenvalue weighted by molar-refractivity contribution is -0.138. The summed E-state index contributed by atoms with van der Waals surface area (Å²) in [6.07, 6.45) is 1.63. The molecular formula is C35H27ClN2O7S. The number of thiazole rings is 1. The molecule has 46 heavy (non-hydrogen) atoms. The average Bonchev–Trinajstić information content (AvgIpc) is 3.68. The van der Waals surface area contributed by atoms with Gasteiger partial charge in [0.1, 0.15) is 17.3 Å². The molecule has 1 aliphatic heterocycles. The minimum absolute atomic E-state index is 0.153. The summed E-state index contributed by atoms with van der Waals surface area (Å²) in [6, 6.07) is 24.1. The van der Waals surface area contributed by atoms with Crippen LogP contribution >= 0.6 is 22.9 Å². The molecule has 0 N–H and O–H groups in total. The Bertz CT molecular complexity index is 2160. The molecule has 11 heteroatoms. The average molecular weight is 655 g/mol. The van der Waals surface area contributed by atoms with Gasteiger partial charge in [0.25, 0.3) is 5.56 Å². The van der Waals surface area contributed by atoms with Crippen molar-refractivity contribution >= 4 is 46.6 Å². The molecule has 0 unspecified atom stereocenters. The van der Waals surface area contributed by atoms with E-state index >= 15 is 0 Å². The predicted octanol–water partition coefficient (Wildman–Crippen LogP) is 5.64. The third-order valence-electron chi connectivity index (χ3n) is 7.36. The monoisotopic (exact) mass is 654 g/mol. The van der Waals surface area contributed by atoms with Crippen molar-refractivity contribution in [2.45, 2.75) is 13.0 Å². The van der Waals surface area contributed by atoms with Gasteiger partial charge in [-0.25, -0.2) is 14.6 Å². The van der Waals surface area contributed by atoms with E-state index in [0.717, 1.165) is 0 Å². The second kappa shape index (κ2) is 13.0. The number of furan rings is 1. The van der Waals surface area contributed by atoms with Gasteiger partial charge >= 0.3 is 11.9 Å². The number of methoxy groups -OCH3 is 2.